The van der Waals surface area contributed by atoms with Crippen molar-refractivity contribution in [1.29, 1.82) is 0 Å². The number of carbonyl (C=O) groups is 1. The Kier molecular flexibility index (Phi) is 4.06. The molecule has 3 rings (SSSR count). The fourth-order valence-electron chi connectivity index (χ4n) is 2.78. The molecule has 1 saturated heterocycles. The Labute approximate surface area is 118 Å². The number of ether oxygens (including phenoxy) is 2. The van der Waals surface area contributed by atoms with Crippen molar-refractivity contribution in [3.8, 4) is 11.5 Å². The minimum absolute atomic E-state index is 0.0681. The molecule has 2 aliphatic rings. The van der Waals surface area contributed by atoms with E-state index in [1.807, 2.05) is 18.2 Å². The third-order valence-electron chi connectivity index (χ3n) is 3.80. The molecule has 1 amide bonds. The highest BCUT2D eigenvalue weighted by Gasteiger charge is 2.18. The van der Waals surface area contributed by atoms with Gasteiger partial charge in [-0.2, -0.15) is 0 Å². The van der Waals surface area contributed by atoms with Gasteiger partial charge in [0, 0.05) is 11.8 Å². The lowest BCUT2D eigenvalue weighted by Gasteiger charge is -2.23. The SMILES string of the molecule is O=C(C[NH+]1CCCCC1)Nc1ccc2c(c1)OCCO2. The van der Waals surface area contributed by atoms with Crippen LogP contribution >= 0.6 is 0 Å². The molecule has 5 heteroatoms. The molecule has 20 heavy (non-hydrogen) atoms. The van der Waals surface area contributed by atoms with E-state index in [0.717, 1.165) is 24.5 Å². The summed E-state index contributed by atoms with van der Waals surface area (Å²) in [6.45, 7) is 3.90. The van der Waals surface area contributed by atoms with Crippen LogP contribution in [0.1, 0.15) is 19.3 Å². The summed E-state index contributed by atoms with van der Waals surface area (Å²) in [4.78, 5) is 13.4. The lowest BCUT2D eigenvalue weighted by atomic mass is 10.1. The van der Waals surface area contributed by atoms with Crippen molar-refractivity contribution < 1.29 is 19.2 Å². The highest BCUT2D eigenvalue weighted by Crippen LogP contribution is 2.32. The van der Waals surface area contributed by atoms with Crippen LogP contribution in [0.5, 0.6) is 11.5 Å². The van der Waals surface area contributed by atoms with E-state index in [9.17, 15) is 4.79 Å². The molecule has 0 spiro atoms. The summed E-state index contributed by atoms with van der Waals surface area (Å²) in [5.74, 6) is 1.52. The van der Waals surface area contributed by atoms with Gasteiger partial charge in [0.1, 0.15) is 13.2 Å². The average Bonchev–Trinajstić information content (AvgIpc) is 2.48. The number of hydrogen-bond donors (Lipinski definition) is 2. The van der Waals surface area contributed by atoms with Crippen molar-refractivity contribution in [2.75, 3.05) is 38.2 Å². The molecule has 0 saturated carbocycles. The van der Waals surface area contributed by atoms with Gasteiger partial charge in [0.25, 0.3) is 5.91 Å². The van der Waals surface area contributed by atoms with Gasteiger partial charge in [-0.15, -0.1) is 0 Å². The molecule has 0 unspecified atom stereocenters. The number of benzene rings is 1. The Morgan fingerprint density at radius 2 is 1.85 bits per heavy atom. The zero-order valence-electron chi connectivity index (χ0n) is 11.6. The van der Waals surface area contributed by atoms with E-state index >= 15 is 0 Å². The maximum atomic E-state index is 12.0. The predicted octanol–water partition coefficient (Wildman–Crippen LogP) is 0.465. The summed E-state index contributed by atoms with van der Waals surface area (Å²) in [5, 5.41) is 2.94. The van der Waals surface area contributed by atoms with Gasteiger partial charge >= 0.3 is 0 Å². The molecule has 1 aromatic carbocycles. The number of quaternary nitrogens is 1. The van der Waals surface area contributed by atoms with Crippen molar-refractivity contribution in [1.82, 2.24) is 0 Å². The summed E-state index contributed by atoms with van der Waals surface area (Å²) in [5.41, 5.74) is 0.774. The molecular formula is C15H21N2O3+. The Bertz CT molecular complexity index is 484. The molecule has 5 nitrogen and oxygen atoms in total. The second-order valence-corrected chi connectivity index (χ2v) is 5.39. The first kappa shape index (κ1) is 13.2. The summed E-state index contributed by atoms with van der Waals surface area (Å²) < 4.78 is 11.0. The van der Waals surface area contributed by atoms with E-state index in [0.29, 0.717) is 25.5 Å². The normalized spacial score (nSPS) is 18.6. The van der Waals surface area contributed by atoms with Crippen LogP contribution in [-0.4, -0.2) is 38.8 Å². The Morgan fingerprint density at radius 3 is 2.65 bits per heavy atom. The molecule has 2 N–H and O–H groups in total. The molecule has 0 aromatic heterocycles. The lowest BCUT2D eigenvalue weighted by Crippen LogP contribution is -3.13. The van der Waals surface area contributed by atoms with E-state index in [2.05, 4.69) is 5.32 Å². The van der Waals surface area contributed by atoms with Crippen LogP contribution in [0.15, 0.2) is 18.2 Å². The summed E-state index contributed by atoms with van der Waals surface area (Å²) in [7, 11) is 0. The van der Waals surface area contributed by atoms with Crippen LogP contribution < -0.4 is 19.7 Å². The molecule has 2 aliphatic heterocycles. The number of anilines is 1. The minimum Gasteiger partial charge on any atom is -0.486 e. The van der Waals surface area contributed by atoms with E-state index in [4.69, 9.17) is 9.47 Å². The number of piperidine rings is 1. The molecule has 0 aliphatic carbocycles. The van der Waals surface area contributed by atoms with Crippen LogP contribution in [0.25, 0.3) is 0 Å². The highest BCUT2D eigenvalue weighted by atomic mass is 16.6. The third kappa shape index (κ3) is 3.22. The number of fused-ring (bicyclic) bond motifs is 1. The zero-order valence-corrected chi connectivity index (χ0v) is 11.6. The van der Waals surface area contributed by atoms with Crippen LogP contribution in [0.4, 0.5) is 5.69 Å². The number of rotatable bonds is 3. The second-order valence-electron chi connectivity index (χ2n) is 5.39. The quantitative estimate of drug-likeness (QED) is 0.844. The summed E-state index contributed by atoms with van der Waals surface area (Å²) in [6, 6.07) is 5.53. The van der Waals surface area contributed by atoms with Gasteiger partial charge in [0.15, 0.2) is 18.0 Å². The standard InChI is InChI=1S/C15H20N2O3/c18-15(11-17-6-2-1-3-7-17)16-12-4-5-13-14(10-12)20-9-8-19-13/h4-5,10H,1-3,6-9,11H2,(H,16,18)/p+1. The van der Waals surface area contributed by atoms with Gasteiger partial charge in [-0.3, -0.25) is 4.79 Å². The molecule has 0 atom stereocenters. The fourth-order valence-corrected chi connectivity index (χ4v) is 2.78. The first-order valence-electron chi connectivity index (χ1n) is 7.34. The fraction of sp³-hybridized carbons (Fsp3) is 0.533. The van der Waals surface area contributed by atoms with Crippen molar-refractivity contribution in [2.24, 2.45) is 0 Å². The van der Waals surface area contributed by atoms with Gasteiger partial charge < -0.3 is 19.7 Å². The molecule has 108 valence electrons. The molecule has 1 aromatic rings. The third-order valence-corrected chi connectivity index (χ3v) is 3.80. The molecule has 1 fully saturated rings. The molecular weight excluding hydrogens is 256 g/mol. The van der Waals surface area contributed by atoms with E-state index in [-0.39, 0.29) is 5.91 Å². The largest absolute Gasteiger partial charge is 0.486 e. The van der Waals surface area contributed by atoms with Crippen molar-refractivity contribution in [3.63, 3.8) is 0 Å². The monoisotopic (exact) mass is 277 g/mol. The summed E-state index contributed by atoms with van der Waals surface area (Å²) >= 11 is 0. The molecule has 2 heterocycles. The van der Waals surface area contributed by atoms with Crippen LogP contribution in [0.2, 0.25) is 0 Å². The van der Waals surface area contributed by atoms with Crippen LogP contribution in [-0.2, 0) is 4.79 Å². The van der Waals surface area contributed by atoms with Crippen LogP contribution in [0.3, 0.4) is 0 Å². The van der Waals surface area contributed by atoms with Crippen LogP contribution in [0, 0.1) is 0 Å². The molecule has 0 bridgehead atoms. The first-order valence-corrected chi connectivity index (χ1v) is 7.34. The topological polar surface area (TPSA) is 52.0 Å². The lowest BCUT2D eigenvalue weighted by molar-refractivity contribution is -0.896. The number of nitrogens with one attached hydrogen (secondary N) is 2. The van der Waals surface area contributed by atoms with Gasteiger partial charge in [-0.25, -0.2) is 0 Å². The van der Waals surface area contributed by atoms with Crippen molar-refractivity contribution in [3.05, 3.63) is 18.2 Å². The minimum atomic E-state index is 0.0681. The van der Waals surface area contributed by atoms with Gasteiger partial charge in [-0.1, -0.05) is 0 Å². The number of carbonyl (C=O) groups excluding carboxylic acids is 1. The Hall–Kier alpha value is -1.75. The number of amides is 1. The maximum absolute atomic E-state index is 12.0. The van der Waals surface area contributed by atoms with Crippen molar-refractivity contribution in [2.45, 2.75) is 19.3 Å². The number of hydrogen-bond acceptors (Lipinski definition) is 3. The number of likely N-dealkylation sites (tertiary alicyclic amines) is 1. The Balaban J connectivity index is 1.58. The van der Waals surface area contributed by atoms with E-state index in [1.165, 1.54) is 24.2 Å². The van der Waals surface area contributed by atoms with E-state index in [1.54, 1.807) is 0 Å². The first-order chi connectivity index (χ1) is 9.81. The maximum Gasteiger partial charge on any atom is 0.279 e. The van der Waals surface area contributed by atoms with Gasteiger partial charge in [0.2, 0.25) is 0 Å². The average molecular weight is 277 g/mol. The van der Waals surface area contributed by atoms with Crippen molar-refractivity contribution >= 4 is 11.6 Å². The Morgan fingerprint density at radius 1 is 1.10 bits per heavy atom. The van der Waals surface area contributed by atoms with E-state index < -0.39 is 0 Å². The van der Waals surface area contributed by atoms with Gasteiger partial charge in [0.05, 0.1) is 13.1 Å². The van der Waals surface area contributed by atoms with Gasteiger partial charge in [-0.05, 0) is 31.4 Å². The zero-order chi connectivity index (χ0) is 13.8. The highest BCUT2D eigenvalue weighted by molar-refractivity contribution is 5.91. The second kappa shape index (κ2) is 6.13. The summed E-state index contributed by atoms with van der Waals surface area (Å²) in [6.07, 6.45) is 3.76. The predicted molar refractivity (Wildman–Crippen MR) is 75.5 cm³/mol. The molecule has 0 radical (unpaired) electrons. The smallest absolute Gasteiger partial charge is 0.279 e.